The van der Waals surface area contributed by atoms with Gasteiger partial charge in [-0.2, -0.15) is 0 Å². The topological polar surface area (TPSA) is 103 Å². The Hall–Kier alpha value is -2.28. The Bertz CT molecular complexity index is 546. The van der Waals surface area contributed by atoms with Crippen LogP contribution >= 0.6 is 0 Å². The second-order valence-corrected chi connectivity index (χ2v) is 5.33. The Labute approximate surface area is 136 Å². The van der Waals surface area contributed by atoms with Gasteiger partial charge < -0.3 is 25.8 Å². The molecule has 0 saturated heterocycles. The van der Waals surface area contributed by atoms with Crippen molar-refractivity contribution in [3.05, 3.63) is 18.2 Å². The van der Waals surface area contributed by atoms with Crippen LogP contribution in [0.15, 0.2) is 18.2 Å². The zero-order valence-corrected chi connectivity index (χ0v) is 14.0. The maximum absolute atomic E-state index is 11.9. The van der Waals surface area contributed by atoms with E-state index in [0.29, 0.717) is 23.8 Å². The number of nitrogens with two attached hydrogens (primary N) is 1. The molecule has 2 amide bonds. The van der Waals surface area contributed by atoms with Crippen molar-refractivity contribution in [3.8, 4) is 11.5 Å². The number of carbonyl (C=O) groups is 2. The molecule has 0 saturated carbocycles. The first-order chi connectivity index (χ1) is 10.9. The average Bonchev–Trinajstić information content (AvgIpc) is 2.52. The standard InChI is InChI=1S/C16H25N3O4/c1-5-23-13-8-11(6-7-12(13)22-4)19-14(20)9-18-16(21)15(17)10(2)3/h6-8,10,15H,5,9,17H2,1-4H3,(H,18,21)(H,19,20)/t15-/m0/s1. The monoisotopic (exact) mass is 323 g/mol. The molecule has 1 aromatic carbocycles. The minimum absolute atomic E-state index is 0.00778. The summed E-state index contributed by atoms with van der Waals surface area (Å²) in [6.45, 7) is 5.89. The molecular formula is C16H25N3O4. The summed E-state index contributed by atoms with van der Waals surface area (Å²) < 4.78 is 10.6. The first-order valence-corrected chi connectivity index (χ1v) is 7.53. The lowest BCUT2D eigenvalue weighted by molar-refractivity contribution is -0.125. The number of amides is 2. The number of rotatable bonds is 8. The van der Waals surface area contributed by atoms with Gasteiger partial charge in [0.1, 0.15) is 0 Å². The molecule has 7 heteroatoms. The molecule has 0 fully saturated rings. The van der Waals surface area contributed by atoms with Crippen LogP contribution in [0.3, 0.4) is 0 Å². The van der Waals surface area contributed by atoms with Gasteiger partial charge in [-0.3, -0.25) is 9.59 Å². The van der Waals surface area contributed by atoms with Crippen LogP contribution in [0.1, 0.15) is 20.8 Å². The van der Waals surface area contributed by atoms with E-state index < -0.39 is 6.04 Å². The van der Waals surface area contributed by atoms with Crippen molar-refractivity contribution >= 4 is 17.5 Å². The van der Waals surface area contributed by atoms with Crippen LogP contribution in [0.5, 0.6) is 11.5 Å². The number of methoxy groups -OCH3 is 1. The highest BCUT2D eigenvalue weighted by molar-refractivity contribution is 5.95. The molecule has 23 heavy (non-hydrogen) atoms. The molecule has 0 aliphatic heterocycles. The molecule has 4 N–H and O–H groups in total. The molecule has 0 radical (unpaired) electrons. The van der Waals surface area contributed by atoms with Crippen LogP contribution in [-0.2, 0) is 9.59 Å². The number of ether oxygens (including phenoxy) is 2. The fourth-order valence-corrected chi connectivity index (χ4v) is 1.82. The van der Waals surface area contributed by atoms with Crippen LogP contribution in [0.25, 0.3) is 0 Å². The molecule has 0 spiro atoms. The first-order valence-electron chi connectivity index (χ1n) is 7.53. The van der Waals surface area contributed by atoms with Gasteiger partial charge in [-0.15, -0.1) is 0 Å². The Morgan fingerprint density at radius 3 is 2.52 bits per heavy atom. The van der Waals surface area contributed by atoms with Gasteiger partial charge >= 0.3 is 0 Å². The molecule has 0 aliphatic carbocycles. The fourth-order valence-electron chi connectivity index (χ4n) is 1.82. The summed E-state index contributed by atoms with van der Waals surface area (Å²) in [5.74, 6) is 0.440. The van der Waals surface area contributed by atoms with Crippen molar-refractivity contribution in [3.63, 3.8) is 0 Å². The molecule has 0 heterocycles. The summed E-state index contributed by atoms with van der Waals surface area (Å²) in [5.41, 5.74) is 6.27. The quantitative estimate of drug-likeness (QED) is 0.665. The van der Waals surface area contributed by atoms with E-state index in [1.165, 1.54) is 0 Å². The van der Waals surface area contributed by atoms with E-state index in [1.54, 1.807) is 25.3 Å². The van der Waals surface area contributed by atoms with E-state index in [4.69, 9.17) is 15.2 Å². The molecule has 1 atom stereocenters. The third-order valence-electron chi connectivity index (χ3n) is 3.19. The number of hydrogen-bond donors (Lipinski definition) is 3. The molecule has 0 aliphatic rings. The smallest absolute Gasteiger partial charge is 0.243 e. The summed E-state index contributed by atoms with van der Waals surface area (Å²) in [6, 6.07) is 4.44. The van der Waals surface area contributed by atoms with Crippen LogP contribution in [0.2, 0.25) is 0 Å². The Morgan fingerprint density at radius 1 is 1.26 bits per heavy atom. The van der Waals surface area contributed by atoms with Crippen LogP contribution < -0.4 is 25.8 Å². The van der Waals surface area contributed by atoms with Crippen molar-refractivity contribution in [2.75, 3.05) is 25.6 Å². The summed E-state index contributed by atoms with van der Waals surface area (Å²) in [6.07, 6.45) is 0. The van der Waals surface area contributed by atoms with Gasteiger partial charge in [-0.1, -0.05) is 13.8 Å². The minimum Gasteiger partial charge on any atom is -0.493 e. The normalized spacial score (nSPS) is 11.7. The second-order valence-electron chi connectivity index (χ2n) is 5.33. The van der Waals surface area contributed by atoms with Gasteiger partial charge in [0, 0.05) is 11.8 Å². The zero-order chi connectivity index (χ0) is 17.4. The first kappa shape index (κ1) is 18.8. The van der Waals surface area contributed by atoms with E-state index in [9.17, 15) is 9.59 Å². The lowest BCUT2D eigenvalue weighted by atomic mass is 10.1. The van der Waals surface area contributed by atoms with Crippen LogP contribution in [0.4, 0.5) is 5.69 Å². The van der Waals surface area contributed by atoms with E-state index in [0.717, 1.165) is 0 Å². The molecule has 1 rings (SSSR count). The van der Waals surface area contributed by atoms with Crippen molar-refractivity contribution < 1.29 is 19.1 Å². The van der Waals surface area contributed by atoms with Gasteiger partial charge in [-0.25, -0.2) is 0 Å². The lowest BCUT2D eigenvalue weighted by Crippen LogP contribution is -2.46. The van der Waals surface area contributed by atoms with Crippen molar-refractivity contribution in [1.29, 1.82) is 0 Å². The maximum Gasteiger partial charge on any atom is 0.243 e. The number of anilines is 1. The van der Waals surface area contributed by atoms with Gasteiger partial charge in [0.15, 0.2) is 11.5 Å². The minimum atomic E-state index is -0.631. The molecule has 0 aromatic heterocycles. The zero-order valence-electron chi connectivity index (χ0n) is 14.0. The average molecular weight is 323 g/mol. The van der Waals surface area contributed by atoms with Gasteiger partial charge in [0.2, 0.25) is 11.8 Å². The predicted octanol–water partition coefficient (Wildman–Crippen LogP) is 1.13. The number of nitrogens with one attached hydrogen (secondary N) is 2. The van der Waals surface area contributed by atoms with E-state index in [2.05, 4.69) is 10.6 Å². The third-order valence-corrected chi connectivity index (χ3v) is 3.19. The Morgan fingerprint density at radius 2 is 1.96 bits per heavy atom. The van der Waals surface area contributed by atoms with Gasteiger partial charge in [0.05, 0.1) is 26.3 Å². The largest absolute Gasteiger partial charge is 0.493 e. The van der Waals surface area contributed by atoms with Gasteiger partial charge in [-0.05, 0) is 25.0 Å². The summed E-state index contributed by atoms with van der Waals surface area (Å²) in [5, 5.41) is 5.20. The molecule has 128 valence electrons. The molecule has 0 unspecified atom stereocenters. The summed E-state index contributed by atoms with van der Waals surface area (Å²) in [7, 11) is 1.55. The molecule has 1 aromatic rings. The second kappa shape index (κ2) is 8.99. The van der Waals surface area contributed by atoms with Crippen LogP contribution in [-0.4, -0.2) is 38.1 Å². The fraction of sp³-hybridized carbons (Fsp3) is 0.500. The highest BCUT2D eigenvalue weighted by Gasteiger charge is 2.17. The van der Waals surface area contributed by atoms with Gasteiger partial charge in [0.25, 0.3) is 0 Å². The summed E-state index contributed by atoms with van der Waals surface area (Å²) in [4.78, 5) is 23.6. The van der Waals surface area contributed by atoms with Crippen molar-refractivity contribution in [2.45, 2.75) is 26.8 Å². The highest BCUT2D eigenvalue weighted by atomic mass is 16.5. The Kier molecular flexibility index (Phi) is 7.34. The number of carbonyl (C=O) groups excluding carboxylic acids is 2. The Balaban J connectivity index is 2.60. The van der Waals surface area contributed by atoms with E-state index in [-0.39, 0.29) is 24.3 Å². The van der Waals surface area contributed by atoms with Crippen molar-refractivity contribution in [2.24, 2.45) is 11.7 Å². The lowest BCUT2D eigenvalue weighted by Gasteiger charge is -2.15. The molecular weight excluding hydrogens is 298 g/mol. The summed E-state index contributed by atoms with van der Waals surface area (Å²) >= 11 is 0. The van der Waals surface area contributed by atoms with E-state index >= 15 is 0 Å². The number of hydrogen-bond acceptors (Lipinski definition) is 5. The van der Waals surface area contributed by atoms with Crippen LogP contribution in [0, 0.1) is 5.92 Å². The van der Waals surface area contributed by atoms with Crippen molar-refractivity contribution in [1.82, 2.24) is 5.32 Å². The maximum atomic E-state index is 11.9. The number of benzene rings is 1. The predicted molar refractivity (Wildman–Crippen MR) is 88.6 cm³/mol. The SMILES string of the molecule is CCOc1cc(NC(=O)CNC(=O)[C@@H](N)C(C)C)ccc1OC. The van der Waals surface area contributed by atoms with E-state index in [1.807, 2.05) is 20.8 Å². The molecule has 0 bridgehead atoms. The molecule has 7 nitrogen and oxygen atoms in total. The third kappa shape index (κ3) is 5.78. The highest BCUT2D eigenvalue weighted by Crippen LogP contribution is 2.30.